The molecule has 1 atom stereocenters. The molecule has 0 aromatic heterocycles. The molecule has 17 heavy (non-hydrogen) atoms. The van der Waals surface area contributed by atoms with E-state index >= 15 is 0 Å². The van der Waals surface area contributed by atoms with Gasteiger partial charge in [-0.15, -0.1) is 0 Å². The third-order valence-corrected chi connectivity index (χ3v) is 2.58. The second-order valence-electron chi connectivity index (χ2n) is 3.77. The number of amides is 1. The Morgan fingerprint density at radius 2 is 2.35 bits per heavy atom. The molecule has 0 bridgehead atoms. The third-order valence-electron chi connectivity index (χ3n) is 2.58. The van der Waals surface area contributed by atoms with Gasteiger partial charge >= 0.3 is 0 Å². The molecule has 0 spiro atoms. The van der Waals surface area contributed by atoms with Crippen LogP contribution >= 0.6 is 0 Å². The first kappa shape index (κ1) is 11.4. The second-order valence-corrected chi connectivity index (χ2v) is 3.77. The van der Waals surface area contributed by atoms with E-state index in [9.17, 15) is 9.18 Å². The number of carbonyl (C=O) groups excluding carboxylic acids is 1. The van der Waals surface area contributed by atoms with Gasteiger partial charge in [0.15, 0.2) is 6.10 Å². The number of hydrogen-bond donors (Lipinski definition) is 0. The normalized spacial score (nSPS) is 18.3. The van der Waals surface area contributed by atoms with Gasteiger partial charge in [-0.25, -0.2) is 4.39 Å². The Morgan fingerprint density at radius 1 is 1.59 bits per heavy atom. The maximum atomic E-state index is 13.2. The minimum atomic E-state index is -0.605. The predicted molar refractivity (Wildman–Crippen MR) is 59.1 cm³/mol. The Bertz CT molecular complexity index is 496. The van der Waals surface area contributed by atoms with Crippen LogP contribution in [-0.4, -0.2) is 18.6 Å². The largest absolute Gasteiger partial charge is 0.479 e. The molecule has 0 saturated heterocycles. The summed E-state index contributed by atoms with van der Waals surface area (Å²) >= 11 is 0. The van der Waals surface area contributed by atoms with E-state index < -0.39 is 11.9 Å². The van der Waals surface area contributed by atoms with Crippen LogP contribution in [0.2, 0.25) is 0 Å². The molecular formula is C12H11FN2O2. The predicted octanol–water partition coefficient (Wildman–Crippen LogP) is 1.85. The minimum absolute atomic E-state index is 0.203. The molecule has 5 heteroatoms. The first-order chi connectivity index (χ1) is 8.13. The lowest BCUT2D eigenvalue weighted by Gasteiger charge is -2.32. The molecule has 1 unspecified atom stereocenters. The highest BCUT2D eigenvalue weighted by Gasteiger charge is 2.31. The first-order valence-electron chi connectivity index (χ1n) is 5.28. The number of anilines is 1. The van der Waals surface area contributed by atoms with Gasteiger partial charge in [0.1, 0.15) is 11.6 Å². The molecule has 1 amide bonds. The molecule has 1 aromatic rings. The van der Waals surface area contributed by atoms with Crippen LogP contribution in [0, 0.1) is 17.1 Å². The highest BCUT2D eigenvalue weighted by atomic mass is 19.1. The van der Waals surface area contributed by atoms with Crippen LogP contribution in [0.15, 0.2) is 18.2 Å². The van der Waals surface area contributed by atoms with Gasteiger partial charge < -0.3 is 9.64 Å². The Morgan fingerprint density at radius 3 is 3.06 bits per heavy atom. The van der Waals surface area contributed by atoms with E-state index in [1.807, 2.05) is 6.07 Å². The Kier molecular flexibility index (Phi) is 2.96. The van der Waals surface area contributed by atoms with Crippen molar-refractivity contribution in [2.75, 3.05) is 11.4 Å². The van der Waals surface area contributed by atoms with Crippen molar-refractivity contribution in [1.82, 2.24) is 0 Å². The van der Waals surface area contributed by atoms with Crippen molar-refractivity contribution in [3.05, 3.63) is 24.0 Å². The zero-order valence-electron chi connectivity index (χ0n) is 9.31. The number of benzene rings is 1. The third kappa shape index (κ3) is 2.07. The van der Waals surface area contributed by atoms with E-state index in [4.69, 9.17) is 10.00 Å². The monoisotopic (exact) mass is 234 g/mol. The number of rotatable bonds is 2. The van der Waals surface area contributed by atoms with Crippen molar-refractivity contribution in [3.63, 3.8) is 0 Å². The Hall–Kier alpha value is -2.09. The molecule has 0 N–H and O–H groups in total. The Balaban J connectivity index is 2.40. The molecule has 1 aliphatic rings. The highest BCUT2D eigenvalue weighted by molar-refractivity contribution is 5.99. The lowest BCUT2D eigenvalue weighted by Crippen LogP contribution is -2.44. The van der Waals surface area contributed by atoms with Gasteiger partial charge in [0.25, 0.3) is 5.91 Å². The number of halogens is 1. The number of nitriles is 1. The molecular weight excluding hydrogens is 223 g/mol. The topological polar surface area (TPSA) is 53.3 Å². The van der Waals surface area contributed by atoms with E-state index in [0.717, 1.165) is 0 Å². The van der Waals surface area contributed by atoms with E-state index in [2.05, 4.69) is 0 Å². The zero-order valence-corrected chi connectivity index (χ0v) is 9.31. The van der Waals surface area contributed by atoms with Gasteiger partial charge in [-0.3, -0.25) is 4.79 Å². The molecule has 0 aliphatic carbocycles. The second kappa shape index (κ2) is 4.42. The fraction of sp³-hybridized carbons (Fsp3) is 0.333. The summed E-state index contributed by atoms with van der Waals surface area (Å²) in [7, 11) is 0. The molecule has 0 radical (unpaired) electrons. The fourth-order valence-corrected chi connectivity index (χ4v) is 1.77. The van der Waals surface area contributed by atoms with Crippen molar-refractivity contribution in [2.24, 2.45) is 0 Å². The van der Waals surface area contributed by atoms with E-state index in [1.54, 1.807) is 6.92 Å². The van der Waals surface area contributed by atoms with Crippen LogP contribution in [0.25, 0.3) is 0 Å². The summed E-state index contributed by atoms with van der Waals surface area (Å²) in [5.74, 6) is -0.216. The summed E-state index contributed by atoms with van der Waals surface area (Å²) in [6, 6.07) is 5.99. The van der Waals surface area contributed by atoms with Crippen LogP contribution in [0.5, 0.6) is 5.75 Å². The number of nitrogens with zero attached hydrogens (tertiary/aromatic N) is 2. The van der Waals surface area contributed by atoms with Gasteiger partial charge in [0.2, 0.25) is 0 Å². The van der Waals surface area contributed by atoms with Crippen molar-refractivity contribution in [2.45, 2.75) is 19.4 Å². The highest BCUT2D eigenvalue weighted by Crippen LogP contribution is 2.34. The lowest BCUT2D eigenvalue weighted by atomic mass is 10.1. The number of carbonyl (C=O) groups is 1. The SMILES string of the molecule is CC1Oc2ccc(F)cc2N(CCC#N)C1=O. The van der Waals surface area contributed by atoms with Crippen LogP contribution in [0.1, 0.15) is 13.3 Å². The quantitative estimate of drug-likeness (QED) is 0.784. The summed E-state index contributed by atoms with van der Waals surface area (Å²) in [4.78, 5) is 13.3. The van der Waals surface area contributed by atoms with Crippen molar-refractivity contribution < 1.29 is 13.9 Å². The smallest absolute Gasteiger partial charge is 0.267 e. The minimum Gasteiger partial charge on any atom is -0.479 e. The standard InChI is InChI=1S/C12H11FN2O2/c1-8-12(16)15(6-2-5-14)10-7-9(13)3-4-11(10)17-8/h3-4,7-8H,2,6H2,1H3. The molecule has 0 fully saturated rings. The van der Waals surface area contributed by atoms with Gasteiger partial charge in [-0.2, -0.15) is 5.26 Å². The van der Waals surface area contributed by atoms with Crippen LogP contribution < -0.4 is 9.64 Å². The summed E-state index contributed by atoms with van der Waals surface area (Å²) in [6.45, 7) is 1.88. The fourth-order valence-electron chi connectivity index (χ4n) is 1.77. The molecule has 4 nitrogen and oxygen atoms in total. The number of fused-ring (bicyclic) bond motifs is 1. The lowest BCUT2D eigenvalue weighted by molar-refractivity contribution is -0.125. The molecule has 2 rings (SSSR count). The van der Waals surface area contributed by atoms with Crippen LogP contribution in [-0.2, 0) is 4.79 Å². The van der Waals surface area contributed by atoms with Crippen LogP contribution in [0.4, 0.5) is 10.1 Å². The van der Waals surface area contributed by atoms with E-state index in [-0.39, 0.29) is 18.9 Å². The molecule has 88 valence electrons. The Labute approximate surface area is 98.2 Å². The van der Waals surface area contributed by atoms with Crippen molar-refractivity contribution in [3.8, 4) is 11.8 Å². The molecule has 1 aliphatic heterocycles. The van der Waals surface area contributed by atoms with Crippen molar-refractivity contribution >= 4 is 11.6 Å². The molecule has 0 saturated carbocycles. The van der Waals surface area contributed by atoms with E-state index in [1.165, 1.54) is 23.1 Å². The maximum Gasteiger partial charge on any atom is 0.267 e. The van der Waals surface area contributed by atoms with E-state index in [0.29, 0.717) is 11.4 Å². The van der Waals surface area contributed by atoms with Gasteiger partial charge in [-0.1, -0.05) is 0 Å². The van der Waals surface area contributed by atoms with Gasteiger partial charge in [0.05, 0.1) is 18.2 Å². The summed E-state index contributed by atoms with van der Waals surface area (Å²) < 4.78 is 18.5. The number of ether oxygens (including phenoxy) is 1. The average molecular weight is 234 g/mol. The van der Waals surface area contributed by atoms with Gasteiger partial charge in [0, 0.05) is 12.6 Å². The van der Waals surface area contributed by atoms with Crippen LogP contribution in [0.3, 0.4) is 0 Å². The number of hydrogen-bond acceptors (Lipinski definition) is 3. The van der Waals surface area contributed by atoms with Gasteiger partial charge in [-0.05, 0) is 19.1 Å². The zero-order chi connectivity index (χ0) is 12.4. The molecule has 1 aromatic carbocycles. The first-order valence-corrected chi connectivity index (χ1v) is 5.28. The summed E-state index contributed by atoms with van der Waals surface area (Å²) in [5, 5.41) is 8.56. The summed E-state index contributed by atoms with van der Waals surface area (Å²) in [6.07, 6.45) is -0.402. The molecule has 1 heterocycles. The summed E-state index contributed by atoms with van der Waals surface area (Å²) in [5.41, 5.74) is 0.392. The maximum absolute atomic E-state index is 13.2. The average Bonchev–Trinajstić information content (AvgIpc) is 2.31. The van der Waals surface area contributed by atoms with Crippen molar-refractivity contribution in [1.29, 1.82) is 5.26 Å².